The summed E-state index contributed by atoms with van der Waals surface area (Å²) in [5.41, 5.74) is -0.485. The second-order valence-electron chi connectivity index (χ2n) is 4.71. The molecule has 0 saturated carbocycles. The third-order valence-corrected chi connectivity index (χ3v) is 5.99. The number of aromatic amines is 1. The number of aromatic nitrogens is 2. The number of thioether (sulfide) groups is 1. The van der Waals surface area contributed by atoms with Crippen molar-refractivity contribution in [3.8, 4) is 0 Å². The number of rotatable bonds is 5. The standard InChI is InChI=1S/C13H12N4O4S2/c18-12(19)13(8-22-9-14-13)17(10-6-15-16-7-10)23(20,21)11-4-2-1-3-5-11/h1-7,9H,8H2,(H,15,16)(H,18,19). The third-order valence-electron chi connectivity index (χ3n) is 3.30. The third kappa shape index (κ3) is 2.49. The van der Waals surface area contributed by atoms with Gasteiger partial charge in [-0.3, -0.25) is 5.10 Å². The maximum absolute atomic E-state index is 13.1. The topological polar surface area (TPSA) is 116 Å². The van der Waals surface area contributed by atoms with Crippen molar-refractivity contribution in [2.24, 2.45) is 4.99 Å². The van der Waals surface area contributed by atoms with Gasteiger partial charge in [0.25, 0.3) is 15.7 Å². The molecule has 2 heterocycles. The number of H-pyrrole nitrogens is 1. The molecule has 1 aromatic heterocycles. The molecule has 1 aromatic carbocycles. The van der Waals surface area contributed by atoms with Crippen molar-refractivity contribution in [2.75, 3.05) is 10.1 Å². The first kappa shape index (κ1) is 15.6. The summed E-state index contributed by atoms with van der Waals surface area (Å²) in [7, 11) is -4.15. The highest BCUT2D eigenvalue weighted by molar-refractivity contribution is 8.12. The predicted octanol–water partition coefficient (Wildman–Crippen LogP) is 1.16. The Balaban J connectivity index is 2.22. The highest BCUT2D eigenvalue weighted by Crippen LogP contribution is 2.37. The minimum absolute atomic E-state index is 0.0195. The fourth-order valence-corrected chi connectivity index (χ4v) is 4.88. The van der Waals surface area contributed by atoms with Crippen LogP contribution in [0.3, 0.4) is 0 Å². The molecule has 1 atom stereocenters. The number of hydrogen-bond donors (Lipinski definition) is 2. The van der Waals surface area contributed by atoms with E-state index >= 15 is 0 Å². The van der Waals surface area contributed by atoms with Crippen LogP contribution in [0.1, 0.15) is 0 Å². The van der Waals surface area contributed by atoms with Gasteiger partial charge < -0.3 is 5.11 Å². The summed E-state index contributed by atoms with van der Waals surface area (Å²) >= 11 is 1.14. The fraction of sp³-hybridized carbons (Fsp3) is 0.154. The van der Waals surface area contributed by atoms with E-state index < -0.39 is 21.7 Å². The molecule has 0 aliphatic carbocycles. The number of sulfonamides is 1. The number of anilines is 1. The molecular formula is C13H12N4O4S2. The first-order chi connectivity index (χ1) is 11.0. The van der Waals surface area contributed by atoms with E-state index in [9.17, 15) is 18.3 Å². The zero-order valence-electron chi connectivity index (χ0n) is 11.7. The molecule has 3 rings (SSSR count). The van der Waals surface area contributed by atoms with Crippen LogP contribution in [-0.4, -0.2) is 46.7 Å². The molecule has 0 radical (unpaired) electrons. The van der Waals surface area contributed by atoms with Gasteiger partial charge in [0.15, 0.2) is 0 Å². The minimum Gasteiger partial charge on any atom is -0.478 e. The molecular weight excluding hydrogens is 340 g/mol. The van der Waals surface area contributed by atoms with E-state index in [1.54, 1.807) is 18.2 Å². The molecule has 1 aliphatic rings. The lowest BCUT2D eigenvalue weighted by atomic mass is 10.2. The van der Waals surface area contributed by atoms with E-state index in [0.717, 1.165) is 16.1 Å². The average molecular weight is 352 g/mol. The highest BCUT2D eigenvalue weighted by atomic mass is 32.2. The highest BCUT2D eigenvalue weighted by Gasteiger charge is 2.52. The largest absolute Gasteiger partial charge is 0.478 e. The van der Waals surface area contributed by atoms with Crippen molar-refractivity contribution in [3.63, 3.8) is 0 Å². The van der Waals surface area contributed by atoms with Gasteiger partial charge in [0, 0.05) is 6.20 Å². The van der Waals surface area contributed by atoms with Crippen LogP contribution in [-0.2, 0) is 14.8 Å². The molecule has 23 heavy (non-hydrogen) atoms. The Morgan fingerprint density at radius 2 is 2.09 bits per heavy atom. The second kappa shape index (κ2) is 5.70. The number of benzene rings is 1. The van der Waals surface area contributed by atoms with Gasteiger partial charge in [0.05, 0.1) is 28.1 Å². The lowest BCUT2D eigenvalue weighted by molar-refractivity contribution is -0.141. The van der Waals surface area contributed by atoms with Crippen LogP contribution in [0.15, 0.2) is 52.6 Å². The smallest absolute Gasteiger partial charge is 0.354 e. The van der Waals surface area contributed by atoms with Crippen LogP contribution in [0.25, 0.3) is 0 Å². The van der Waals surface area contributed by atoms with Crippen molar-refractivity contribution in [1.29, 1.82) is 0 Å². The number of hydrogen-bond acceptors (Lipinski definition) is 6. The summed E-state index contributed by atoms with van der Waals surface area (Å²) in [6.07, 6.45) is 2.58. The maximum Gasteiger partial charge on any atom is 0.354 e. The van der Waals surface area contributed by atoms with Crippen LogP contribution in [0.4, 0.5) is 5.69 Å². The van der Waals surface area contributed by atoms with E-state index in [1.807, 2.05) is 0 Å². The Morgan fingerprint density at radius 3 is 2.61 bits per heavy atom. The first-order valence-corrected chi connectivity index (χ1v) is 8.95. The SMILES string of the molecule is O=C(O)C1(N(c2cn[nH]c2)S(=O)(=O)c2ccccc2)CSC=N1. The van der Waals surface area contributed by atoms with Gasteiger partial charge in [-0.25, -0.2) is 22.5 Å². The van der Waals surface area contributed by atoms with Crippen LogP contribution < -0.4 is 4.31 Å². The molecule has 2 N–H and O–H groups in total. The van der Waals surface area contributed by atoms with Gasteiger partial charge in [0.2, 0.25) is 0 Å². The Bertz CT molecular complexity index is 836. The molecule has 1 unspecified atom stereocenters. The van der Waals surface area contributed by atoms with Gasteiger partial charge in [-0.15, -0.1) is 11.8 Å². The van der Waals surface area contributed by atoms with Gasteiger partial charge in [-0.2, -0.15) is 5.10 Å². The summed E-state index contributed by atoms with van der Waals surface area (Å²) in [4.78, 5) is 15.8. The molecule has 10 heteroatoms. The molecule has 0 amide bonds. The maximum atomic E-state index is 13.1. The minimum atomic E-state index is -4.15. The number of aliphatic imine (C=N–C) groups is 1. The number of carboxylic acids is 1. The van der Waals surface area contributed by atoms with E-state index in [1.165, 1.54) is 30.1 Å². The Morgan fingerprint density at radius 1 is 1.35 bits per heavy atom. The zero-order valence-corrected chi connectivity index (χ0v) is 13.3. The molecule has 0 spiro atoms. The van der Waals surface area contributed by atoms with Crippen LogP contribution in [0, 0.1) is 0 Å². The summed E-state index contributed by atoms with van der Waals surface area (Å²) in [5.74, 6) is -1.38. The summed E-state index contributed by atoms with van der Waals surface area (Å²) in [5, 5.41) is 15.9. The fourth-order valence-electron chi connectivity index (χ4n) is 2.23. The molecule has 0 fully saturated rings. The quantitative estimate of drug-likeness (QED) is 0.834. The van der Waals surface area contributed by atoms with Crippen LogP contribution in [0.2, 0.25) is 0 Å². The molecule has 2 aromatic rings. The van der Waals surface area contributed by atoms with E-state index in [0.29, 0.717) is 0 Å². The normalized spacial score (nSPS) is 20.5. The summed E-state index contributed by atoms with van der Waals surface area (Å²) < 4.78 is 26.9. The molecule has 1 aliphatic heterocycles. The van der Waals surface area contributed by atoms with E-state index in [2.05, 4.69) is 15.2 Å². The number of nitrogens with zero attached hydrogens (tertiary/aromatic N) is 3. The zero-order chi connectivity index (χ0) is 16.5. The average Bonchev–Trinajstić information content (AvgIpc) is 3.21. The van der Waals surface area contributed by atoms with Gasteiger partial charge in [-0.05, 0) is 12.1 Å². The second-order valence-corrected chi connectivity index (χ2v) is 7.33. The van der Waals surface area contributed by atoms with Crippen molar-refractivity contribution in [1.82, 2.24) is 10.2 Å². The molecule has 0 saturated heterocycles. The lowest BCUT2D eigenvalue weighted by Crippen LogP contribution is -2.56. The summed E-state index contributed by atoms with van der Waals surface area (Å²) in [6.45, 7) is 0. The Kier molecular flexibility index (Phi) is 3.86. The molecule has 8 nitrogen and oxygen atoms in total. The van der Waals surface area contributed by atoms with Crippen molar-refractivity contribution in [2.45, 2.75) is 10.6 Å². The first-order valence-electron chi connectivity index (χ1n) is 6.46. The van der Waals surface area contributed by atoms with Crippen molar-refractivity contribution < 1.29 is 18.3 Å². The van der Waals surface area contributed by atoms with Gasteiger partial charge in [-0.1, -0.05) is 18.2 Å². The van der Waals surface area contributed by atoms with Crippen LogP contribution >= 0.6 is 11.8 Å². The molecule has 120 valence electrons. The van der Waals surface area contributed by atoms with Crippen LogP contribution in [0.5, 0.6) is 0 Å². The van der Waals surface area contributed by atoms with Gasteiger partial charge in [0.1, 0.15) is 0 Å². The predicted molar refractivity (Wildman–Crippen MR) is 86.0 cm³/mol. The summed E-state index contributed by atoms with van der Waals surface area (Å²) in [6, 6.07) is 7.63. The van der Waals surface area contributed by atoms with E-state index in [4.69, 9.17) is 0 Å². The number of nitrogens with one attached hydrogen (secondary N) is 1. The number of carboxylic acid groups (broad SMARTS) is 1. The number of carbonyl (C=O) groups is 1. The molecule has 0 bridgehead atoms. The monoisotopic (exact) mass is 352 g/mol. The Labute approximate surface area is 136 Å². The number of aliphatic carboxylic acids is 1. The Hall–Kier alpha value is -2.33. The van der Waals surface area contributed by atoms with Crippen molar-refractivity contribution >= 4 is 39.0 Å². The van der Waals surface area contributed by atoms with Gasteiger partial charge >= 0.3 is 5.97 Å². The van der Waals surface area contributed by atoms with Crippen molar-refractivity contribution in [3.05, 3.63) is 42.7 Å². The van der Waals surface area contributed by atoms with E-state index in [-0.39, 0.29) is 16.3 Å². The lowest BCUT2D eigenvalue weighted by Gasteiger charge is -2.34.